The highest BCUT2D eigenvalue weighted by molar-refractivity contribution is 6.91. The third kappa shape index (κ3) is 2.40. The minimum atomic E-state index is -1.38. The average molecular weight is 278 g/mol. The highest BCUT2D eigenvalue weighted by Gasteiger charge is 2.28. The molecule has 0 saturated carbocycles. The summed E-state index contributed by atoms with van der Waals surface area (Å²) in [6, 6.07) is 0. The van der Waals surface area contributed by atoms with E-state index in [9.17, 15) is 0 Å². The Balaban J connectivity index is 2.58. The molecule has 0 saturated heterocycles. The number of rotatable bonds is 3. The molecule has 0 aromatic carbocycles. The largest absolute Gasteiger partial charge is 0.472 e. The highest BCUT2D eigenvalue weighted by Crippen LogP contribution is 2.23. The summed E-state index contributed by atoms with van der Waals surface area (Å²) in [5, 5.41) is 2.76. The van der Waals surface area contributed by atoms with Crippen LogP contribution < -0.4 is 10.4 Å². The first-order valence-electron chi connectivity index (χ1n) is 6.35. The van der Waals surface area contributed by atoms with Crippen LogP contribution in [0.3, 0.4) is 0 Å². The molecule has 0 fully saturated rings. The summed E-state index contributed by atoms with van der Waals surface area (Å²) in [6.45, 7) is 14.1. The maximum Gasteiger partial charge on any atom is 0.0980 e. The first kappa shape index (κ1) is 13.4. The molecule has 0 N–H and O–H groups in total. The van der Waals surface area contributed by atoms with E-state index in [0.29, 0.717) is 0 Å². The molecule has 0 bridgehead atoms. The molecule has 98 valence electrons. The SMILES string of the molecule is C[Si](C)(C)c1cocc1-c1cocc1[Si](C)(C)C. The molecular weight excluding hydrogens is 256 g/mol. The summed E-state index contributed by atoms with van der Waals surface area (Å²) in [4.78, 5) is 0. The Morgan fingerprint density at radius 1 is 0.611 bits per heavy atom. The van der Waals surface area contributed by atoms with E-state index in [1.54, 1.807) is 0 Å². The summed E-state index contributed by atoms with van der Waals surface area (Å²) in [5.41, 5.74) is 2.47. The topological polar surface area (TPSA) is 26.3 Å². The third-order valence-electron chi connectivity index (χ3n) is 3.23. The van der Waals surface area contributed by atoms with Crippen molar-refractivity contribution in [1.82, 2.24) is 0 Å². The van der Waals surface area contributed by atoms with Crippen molar-refractivity contribution in [3.8, 4) is 11.1 Å². The van der Waals surface area contributed by atoms with Crippen molar-refractivity contribution in [2.75, 3.05) is 0 Å². The van der Waals surface area contributed by atoms with Crippen LogP contribution >= 0.6 is 0 Å². The van der Waals surface area contributed by atoms with Crippen LogP contribution in [-0.2, 0) is 0 Å². The lowest BCUT2D eigenvalue weighted by atomic mass is 10.2. The summed E-state index contributed by atoms with van der Waals surface area (Å²) in [5.74, 6) is 0. The zero-order valence-electron chi connectivity index (χ0n) is 12.1. The zero-order valence-corrected chi connectivity index (χ0v) is 14.1. The van der Waals surface area contributed by atoms with Gasteiger partial charge < -0.3 is 8.83 Å². The molecule has 0 atom stereocenters. The maximum atomic E-state index is 5.47. The molecule has 0 aliphatic carbocycles. The van der Waals surface area contributed by atoms with E-state index in [1.165, 1.54) is 21.5 Å². The second kappa shape index (κ2) is 4.28. The van der Waals surface area contributed by atoms with Crippen LogP contribution in [0.15, 0.2) is 33.9 Å². The molecule has 2 rings (SSSR count). The van der Waals surface area contributed by atoms with Crippen molar-refractivity contribution >= 4 is 26.5 Å². The van der Waals surface area contributed by atoms with Gasteiger partial charge in [-0.1, -0.05) is 39.3 Å². The van der Waals surface area contributed by atoms with Crippen molar-refractivity contribution in [3.63, 3.8) is 0 Å². The minimum absolute atomic E-state index is 1.24. The Morgan fingerprint density at radius 3 is 1.22 bits per heavy atom. The Hall–Kier alpha value is -1.01. The molecule has 0 radical (unpaired) electrons. The highest BCUT2D eigenvalue weighted by atomic mass is 28.3. The molecule has 18 heavy (non-hydrogen) atoms. The fraction of sp³-hybridized carbons (Fsp3) is 0.429. The lowest BCUT2D eigenvalue weighted by Gasteiger charge is -2.19. The summed E-state index contributed by atoms with van der Waals surface area (Å²) in [6.07, 6.45) is 7.59. The van der Waals surface area contributed by atoms with Gasteiger partial charge in [-0.05, 0) is 10.4 Å². The van der Waals surface area contributed by atoms with Gasteiger partial charge >= 0.3 is 0 Å². The smallest absolute Gasteiger partial charge is 0.0980 e. The van der Waals surface area contributed by atoms with Gasteiger partial charge in [0.1, 0.15) is 0 Å². The van der Waals surface area contributed by atoms with Crippen LogP contribution in [0.2, 0.25) is 39.3 Å². The number of hydrogen-bond donors (Lipinski definition) is 0. The van der Waals surface area contributed by atoms with E-state index < -0.39 is 16.1 Å². The summed E-state index contributed by atoms with van der Waals surface area (Å²) in [7, 11) is -2.77. The first-order chi connectivity index (χ1) is 8.21. The fourth-order valence-electron chi connectivity index (χ4n) is 2.17. The molecule has 2 nitrogen and oxygen atoms in total. The summed E-state index contributed by atoms with van der Waals surface area (Å²) < 4.78 is 10.9. The van der Waals surface area contributed by atoms with Crippen LogP contribution in [0.1, 0.15) is 0 Å². The number of hydrogen-bond acceptors (Lipinski definition) is 2. The summed E-state index contributed by atoms with van der Waals surface area (Å²) >= 11 is 0. The quantitative estimate of drug-likeness (QED) is 0.801. The molecule has 0 aliphatic heterocycles. The average Bonchev–Trinajstić information content (AvgIpc) is 2.83. The molecule has 4 heteroatoms. The van der Waals surface area contributed by atoms with Gasteiger partial charge in [-0.3, -0.25) is 0 Å². The van der Waals surface area contributed by atoms with E-state index in [2.05, 4.69) is 39.3 Å². The van der Waals surface area contributed by atoms with E-state index in [-0.39, 0.29) is 0 Å². The van der Waals surface area contributed by atoms with Crippen molar-refractivity contribution in [1.29, 1.82) is 0 Å². The Labute approximate surface area is 111 Å². The number of furan rings is 2. The molecule has 0 amide bonds. The van der Waals surface area contributed by atoms with E-state index >= 15 is 0 Å². The van der Waals surface area contributed by atoms with E-state index in [1.807, 2.05) is 25.1 Å². The van der Waals surface area contributed by atoms with Gasteiger partial charge in [-0.15, -0.1) is 0 Å². The van der Waals surface area contributed by atoms with Crippen LogP contribution in [0.25, 0.3) is 11.1 Å². The first-order valence-corrected chi connectivity index (χ1v) is 13.3. The van der Waals surface area contributed by atoms with Gasteiger partial charge in [0.15, 0.2) is 0 Å². The van der Waals surface area contributed by atoms with Crippen molar-refractivity contribution < 1.29 is 8.83 Å². The Kier molecular flexibility index (Phi) is 3.19. The lowest BCUT2D eigenvalue weighted by molar-refractivity contribution is 0.566. The Bertz CT molecular complexity index is 488. The molecule has 2 aromatic rings. The van der Waals surface area contributed by atoms with Gasteiger partial charge in [0.2, 0.25) is 0 Å². The Morgan fingerprint density at radius 2 is 0.944 bits per heavy atom. The predicted octanol–water partition coefficient (Wildman–Crippen LogP) is 3.63. The monoisotopic (exact) mass is 278 g/mol. The van der Waals surface area contributed by atoms with E-state index in [0.717, 1.165) is 0 Å². The maximum absolute atomic E-state index is 5.47. The molecule has 2 heterocycles. The van der Waals surface area contributed by atoms with Crippen molar-refractivity contribution in [2.24, 2.45) is 0 Å². The normalized spacial score (nSPS) is 13.0. The van der Waals surface area contributed by atoms with Crippen LogP contribution in [0, 0.1) is 0 Å². The van der Waals surface area contributed by atoms with Crippen LogP contribution in [0.4, 0.5) is 0 Å². The minimum Gasteiger partial charge on any atom is -0.472 e. The standard InChI is InChI=1S/C14H22O2Si2/c1-17(2,3)13-9-15-7-11(13)12-8-16-10-14(12)18(4,5)6/h7-10H,1-6H3. The molecule has 0 aliphatic rings. The molecule has 0 unspecified atom stereocenters. The van der Waals surface area contributed by atoms with Crippen LogP contribution in [0.5, 0.6) is 0 Å². The molecule has 0 spiro atoms. The zero-order chi connectivity index (χ0) is 13.6. The molecule has 2 aromatic heterocycles. The van der Waals surface area contributed by atoms with E-state index in [4.69, 9.17) is 8.83 Å². The van der Waals surface area contributed by atoms with Gasteiger partial charge in [0, 0.05) is 11.1 Å². The lowest BCUT2D eigenvalue weighted by Crippen LogP contribution is -2.41. The van der Waals surface area contributed by atoms with Crippen molar-refractivity contribution in [3.05, 3.63) is 25.1 Å². The van der Waals surface area contributed by atoms with Gasteiger partial charge in [0.05, 0.1) is 41.2 Å². The molecular formula is C14H22O2Si2. The van der Waals surface area contributed by atoms with Crippen LogP contribution in [-0.4, -0.2) is 16.1 Å². The second-order valence-corrected chi connectivity index (χ2v) is 17.0. The predicted molar refractivity (Wildman–Crippen MR) is 82.4 cm³/mol. The third-order valence-corrected chi connectivity index (χ3v) is 7.24. The van der Waals surface area contributed by atoms with Crippen molar-refractivity contribution in [2.45, 2.75) is 39.3 Å². The second-order valence-electron chi connectivity index (χ2n) is 6.90. The fourth-order valence-corrected chi connectivity index (χ4v) is 5.02. The van der Waals surface area contributed by atoms with Gasteiger partial charge in [-0.25, -0.2) is 0 Å². The van der Waals surface area contributed by atoms with Gasteiger partial charge in [0.25, 0.3) is 0 Å². The van der Waals surface area contributed by atoms with Gasteiger partial charge in [-0.2, -0.15) is 0 Å².